The summed E-state index contributed by atoms with van der Waals surface area (Å²) in [6.07, 6.45) is 106. The fourth-order valence-electron chi connectivity index (χ4n) is 11.7. The van der Waals surface area contributed by atoms with E-state index in [9.17, 15) is 0 Å². The average molecular weight is 1200 g/mol. The number of ether oxygens (including phenoxy) is 2. The number of rotatable bonds is 66. The zero-order chi connectivity index (χ0) is 61.8. The highest BCUT2D eigenvalue weighted by Gasteiger charge is 2.34. The number of hydrogen-bond donors (Lipinski definition) is 0. The van der Waals surface area contributed by atoms with E-state index >= 15 is 0 Å². The van der Waals surface area contributed by atoms with E-state index in [1.165, 1.54) is 295 Å². The first-order valence-corrected chi connectivity index (χ1v) is 37.9. The molecule has 1 aliphatic rings. The molecule has 498 valence electrons. The van der Waals surface area contributed by atoms with E-state index in [0.717, 1.165) is 64.5 Å². The van der Waals surface area contributed by atoms with Gasteiger partial charge in [0.2, 0.25) is 0 Å². The van der Waals surface area contributed by atoms with Gasteiger partial charge in [0, 0.05) is 19.3 Å². The van der Waals surface area contributed by atoms with Crippen molar-refractivity contribution in [2.75, 3.05) is 34.2 Å². The van der Waals surface area contributed by atoms with Crippen molar-refractivity contribution in [1.29, 1.82) is 0 Å². The highest BCUT2D eigenvalue weighted by atomic mass is 16.7. The maximum atomic E-state index is 6.57. The average Bonchev–Trinajstić information content (AvgIpc) is 4.18. The maximum absolute atomic E-state index is 6.57. The van der Waals surface area contributed by atoms with Gasteiger partial charge in [-0.25, -0.2) is 0 Å². The molecule has 0 aromatic carbocycles. The Morgan fingerprint density at radius 3 is 0.884 bits per heavy atom. The Labute approximate surface area is 538 Å². The minimum atomic E-state index is -0.00502. The second-order valence-corrected chi connectivity index (χ2v) is 26.2. The molecule has 3 atom stereocenters. The van der Waals surface area contributed by atoms with Crippen LogP contribution >= 0.6 is 0 Å². The Bertz CT molecular complexity index is 1600. The van der Waals surface area contributed by atoms with Gasteiger partial charge < -0.3 is 19.4 Å². The molecule has 86 heavy (non-hydrogen) atoms. The van der Waals surface area contributed by atoms with Crippen LogP contribution in [0.2, 0.25) is 0 Å². The third-order valence-corrected chi connectivity index (χ3v) is 17.3. The molecule has 0 amide bonds. The molecule has 5 nitrogen and oxygen atoms in total. The Morgan fingerprint density at radius 2 is 0.570 bits per heavy atom. The van der Waals surface area contributed by atoms with Crippen LogP contribution < -0.4 is 0 Å². The quantitative estimate of drug-likeness (QED) is 0.0263. The normalized spacial score (nSPS) is 16.0. The second-order valence-electron chi connectivity index (χ2n) is 26.2. The molecule has 0 aromatic rings. The van der Waals surface area contributed by atoms with Crippen LogP contribution in [-0.4, -0.2) is 68.4 Å². The van der Waals surface area contributed by atoms with Crippen molar-refractivity contribution in [2.45, 2.75) is 380 Å². The maximum Gasteiger partial charge on any atom is 0.158 e. The van der Waals surface area contributed by atoms with Crippen LogP contribution in [0.1, 0.15) is 361 Å². The zero-order valence-electron chi connectivity index (χ0n) is 58.5. The number of nitrogens with zero attached hydrogens (tertiary/aromatic N) is 3. The lowest BCUT2D eigenvalue weighted by Crippen LogP contribution is -2.22. The molecule has 0 spiro atoms. The molecule has 1 saturated heterocycles. The summed E-state index contributed by atoms with van der Waals surface area (Å²) in [5.41, 5.74) is 1.46. The summed E-state index contributed by atoms with van der Waals surface area (Å²) in [4.78, 5) is 2.27. The highest BCUT2D eigenvalue weighted by Crippen LogP contribution is 2.30. The molecular weight excluding hydrogens is 1050 g/mol. The molecule has 0 radical (unpaired) electrons. The standard InChI is InChI=1S/C81H147N3O2/c1-7-10-13-16-19-22-25-28-31-36-40-45-50-55-60-65-71-78(72-66-61-56-51-46-41-37-32-29-26-23-20-17-14-11-8-2)82-84(6)77-69-64-59-54-49-44-39-34-33-38-43-48-53-58-63-68-74-80-79(85-81(86-80)75-70-76-83(4)5)73-67-62-57-52-47-42-35-30-27-24-21-18-15-12-9-3/h19-24,28-33,35,38-39,44,79-81H,7-18,25-27,34,36-37,40-43,45-77H2,1-6H3/b22-19-,23-20-,24-21-,31-28-,32-29-,35-30-,38-33-,44-39-. The fourth-order valence-corrected chi connectivity index (χ4v) is 11.7. The van der Waals surface area contributed by atoms with E-state index in [4.69, 9.17) is 14.6 Å². The lowest BCUT2D eigenvalue weighted by molar-refractivity contribution is -0.0733. The summed E-state index contributed by atoms with van der Waals surface area (Å²) >= 11 is 0. The first-order valence-electron chi connectivity index (χ1n) is 37.9. The van der Waals surface area contributed by atoms with Gasteiger partial charge in [0.05, 0.1) is 12.2 Å². The van der Waals surface area contributed by atoms with Gasteiger partial charge in [0.15, 0.2) is 6.29 Å². The smallest absolute Gasteiger partial charge is 0.158 e. The summed E-state index contributed by atoms with van der Waals surface area (Å²) in [6.45, 7) is 9.01. The largest absolute Gasteiger partial charge is 0.347 e. The van der Waals surface area contributed by atoms with E-state index in [1.54, 1.807) is 0 Å². The predicted molar refractivity (Wildman–Crippen MR) is 387 cm³/mol. The summed E-state index contributed by atoms with van der Waals surface area (Å²) in [7, 11) is 6.55. The summed E-state index contributed by atoms with van der Waals surface area (Å²) < 4.78 is 13.1. The molecule has 1 aliphatic heterocycles. The van der Waals surface area contributed by atoms with Crippen LogP contribution in [0.5, 0.6) is 0 Å². The van der Waals surface area contributed by atoms with Crippen molar-refractivity contribution in [3.05, 3.63) is 97.2 Å². The number of hydrogen-bond acceptors (Lipinski definition) is 5. The fraction of sp³-hybridized carbons (Fsp3) is 0.790. The molecule has 5 heteroatoms. The third-order valence-electron chi connectivity index (χ3n) is 17.3. The molecule has 0 N–H and O–H groups in total. The predicted octanol–water partition coefficient (Wildman–Crippen LogP) is 26.1. The van der Waals surface area contributed by atoms with Gasteiger partial charge in [-0.3, -0.25) is 0 Å². The van der Waals surface area contributed by atoms with Gasteiger partial charge >= 0.3 is 0 Å². The number of unbranched alkanes of at least 4 members (excludes halogenated alkanes) is 35. The summed E-state index contributed by atoms with van der Waals surface area (Å²) in [5, 5.41) is 7.54. The number of hydrazone groups is 1. The minimum absolute atomic E-state index is 0.00502. The molecule has 3 unspecified atom stereocenters. The van der Waals surface area contributed by atoms with E-state index in [-0.39, 0.29) is 18.5 Å². The molecular formula is C81H147N3O2. The van der Waals surface area contributed by atoms with Crippen molar-refractivity contribution < 1.29 is 9.47 Å². The van der Waals surface area contributed by atoms with Crippen molar-refractivity contribution in [1.82, 2.24) is 9.91 Å². The Hall–Kier alpha value is -2.73. The van der Waals surface area contributed by atoms with Crippen LogP contribution in [-0.2, 0) is 9.47 Å². The van der Waals surface area contributed by atoms with Gasteiger partial charge in [-0.15, -0.1) is 0 Å². The van der Waals surface area contributed by atoms with Crippen LogP contribution in [0.3, 0.4) is 0 Å². The number of allylic oxidation sites excluding steroid dienone is 16. The summed E-state index contributed by atoms with van der Waals surface area (Å²) in [5.74, 6) is 0. The van der Waals surface area contributed by atoms with E-state index in [2.05, 4.69) is 149 Å². The molecule has 0 aromatic heterocycles. The van der Waals surface area contributed by atoms with E-state index < -0.39 is 0 Å². The Balaban J connectivity index is 2.28. The topological polar surface area (TPSA) is 37.3 Å². The lowest BCUT2D eigenvalue weighted by Gasteiger charge is -2.16. The molecule has 1 fully saturated rings. The highest BCUT2D eigenvalue weighted by molar-refractivity contribution is 5.84. The molecule has 1 rings (SSSR count). The van der Waals surface area contributed by atoms with E-state index in [1.807, 2.05) is 0 Å². The Morgan fingerprint density at radius 1 is 0.291 bits per heavy atom. The van der Waals surface area contributed by atoms with Crippen LogP contribution in [0.25, 0.3) is 0 Å². The minimum Gasteiger partial charge on any atom is -0.347 e. The summed E-state index contributed by atoms with van der Waals surface area (Å²) in [6, 6.07) is 0. The molecule has 0 bridgehead atoms. The van der Waals surface area contributed by atoms with Gasteiger partial charge in [-0.2, -0.15) is 5.10 Å². The van der Waals surface area contributed by atoms with Crippen molar-refractivity contribution in [2.24, 2.45) is 5.10 Å². The zero-order valence-corrected chi connectivity index (χ0v) is 58.5. The van der Waals surface area contributed by atoms with Gasteiger partial charge in [-0.1, -0.05) is 272 Å². The van der Waals surface area contributed by atoms with Crippen LogP contribution in [0, 0.1) is 0 Å². The second kappa shape index (κ2) is 68.2. The van der Waals surface area contributed by atoms with Crippen molar-refractivity contribution in [3.8, 4) is 0 Å². The SMILES string of the molecule is CCCCC/C=C\C/C=C\CCCCCCCCC(CCCCCCCC/C=C\C/C=C\CCCCC)=NN(C)CCCCCC/C=C\C/C=C\CCCCCCCC1OC(CCCN(C)C)OC1CCCCCCC/C=C\C/C=C\CCCCC. The molecule has 0 aliphatic carbocycles. The van der Waals surface area contributed by atoms with Gasteiger partial charge in [0.1, 0.15) is 0 Å². The van der Waals surface area contributed by atoms with Crippen molar-refractivity contribution in [3.63, 3.8) is 0 Å². The molecule has 1 heterocycles. The monoisotopic (exact) mass is 1190 g/mol. The van der Waals surface area contributed by atoms with Gasteiger partial charge in [0.25, 0.3) is 0 Å². The first-order chi connectivity index (χ1) is 42.5. The van der Waals surface area contributed by atoms with Crippen molar-refractivity contribution >= 4 is 5.71 Å². The first kappa shape index (κ1) is 81.3. The van der Waals surface area contributed by atoms with Crippen LogP contribution in [0.15, 0.2) is 102 Å². The van der Waals surface area contributed by atoms with E-state index in [0.29, 0.717) is 0 Å². The third kappa shape index (κ3) is 60.2. The van der Waals surface area contributed by atoms with Crippen LogP contribution in [0.4, 0.5) is 0 Å². The molecule has 0 saturated carbocycles. The lowest BCUT2D eigenvalue weighted by atomic mass is 9.99. The Kier molecular flexibility index (Phi) is 64.4. The van der Waals surface area contributed by atoms with Gasteiger partial charge in [-0.05, 0) is 207 Å².